The first-order valence-electron chi connectivity index (χ1n) is 4.44. The Kier molecular flexibility index (Phi) is 4.25. The van der Waals surface area contributed by atoms with Crippen molar-refractivity contribution in [3.63, 3.8) is 0 Å². The fraction of sp³-hybridized carbons (Fsp3) is 0.200. The van der Waals surface area contributed by atoms with Crippen LogP contribution in [0, 0.1) is 6.92 Å². The molecule has 1 aromatic rings. The van der Waals surface area contributed by atoms with Crippen LogP contribution in [-0.4, -0.2) is 30.8 Å². The maximum absolute atomic E-state index is 11.7. The van der Waals surface area contributed by atoms with Gasteiger partial charge < -0.3 is 10.1 Å². The van der Waals surface area contributed by atoms with Crippen molar-refractivity contribution >= 4 is 22.6 Å². The summed E-state index contributed by atoms with van der Waals surface area (Å²) < 4.78 is 19.1. The Hall–Kier alpha value is -1.62. The van der Waals surface area contributed by atoms with E-state index in [2.05, 4.69) is 4.79 Å². The monoisotopic (exact) mass is 238 g/mol. The Morgan fingerprint density at radius 1 is 1.44 bits per heavy atom. The highest BCUT2D eigenvalue weighted by molar-refractivity contribution is 7.80. The number of carbonyl (C=O) groups is 1. The van der Waals surface area contributed by atoms with Crippen LogP contribution in [0.2, 0.25) is 0 Å². The lowest BCUT2D eigenvalue weighted by Crippen LogP contribution is -2.22. The molecular formula is C10H10N2O3S. The minimum Gasteiger partial charge on any atom is -0.361 e. The van der Waals surface area contributed by atoms with Crippen LogP contribution in [0.5, 0.6) is 0 Å². The van der Waals surface area contributed by atoms with Gasteiger partial charge in [0.05, 0.1) is 0 Å². The smallest absolute Gasteiger partial charge is 0.354 e. The number of nitrogens with zero attached hydrogens (tertiary/aromatic N) is 2. The molecule has 0 aromatic heterocycles. The predicted octanol–water partition coefficient (Wildman–Crippen LogP) is 1.07. The zero-order chi connectivity index (χ0) is 12.1. The van der Waals surface area contributed by atoms with E-state index in [-0.39, 0.29) is 5.71 Å². The topological polar surface area (TPSA) is 90.8 Å². The first-order valence-corrected chi connectivity index (χ1v) is 5.72. The molecule has 0 aliphatic rings. The second kappa shape index (κ2) is 5.46. The summed E-state index contributed by atoms with van der Waals surface area (Å²) in [4.78, 5) is 14.4. The summed E-state index contributed by atoms with van der Waals surface area (Å²) in [6.45, 7) is 1.87. The van der Waals surface area contributed by atoms with Gasteiger partial charge in [-0.3, -0.25) is 4.79 Å². The van der Waals surface area contributed by atoms with E-state index in [4.69, 9.17) is 10.1 Å². The molecule has 0 bridgehead atoms. The van der Waals surface area contributed by atoms with Crippen LogP contribution in [0.1, 0.15) is 15.9 Å². The number of ketones is 1. The van der Waals surface area contributed by atoms with E-state index in [0.717, 1.165) is 5.56 Å². The molecule has 0 aliphatic carbocycles. The van der Waals surface area contributed by atoms with Crippen LogP contribution < -0.4 is 0 Å². The number of carbonyl (C=O) groups excluding carboxylic acids is 1. The average molecular weight is 238 g/mol. The van der Waals surface area contributed by atoms with Gasteiger partial charge in [0.1, 0.15) is 0 Å². The lowest BCUT2D eigenvalue weighted by atomic mass is 10.1. The summed E-state index contributed by atoms with van der Waals surface area (Å²) >= 11 is -2.21. The van der Waals surface area contributed by atoms with E-state index in [0.29, 0.717) is 5.56 Å². The van der Waals surface area contributed by atoms with E-state index in [1.165, 1.54) is 0 Å². The third kappa shape index (κ3) is 3.20. The van der Waals surface area contributed by atoms with Crippen molar-refractivity contribution in [3.8, 4) is 0 Å². The van der Waals surface area contributed by atoms with E-state index in [9.17, 15) is 9.00 Å². The fourth-order valence-electron chi connectivity index (χ4n) is 1.13. The van der Waals surface area contributed by atoms with Crippen molar-refractivity contribution in [1.29, 1.82) is 0 Å². The zero-order valence-electron chi connectivity index (χ0n) is 8.58. The molecular weight excluding hydrogens is 228 g/mol. The fourth-order valence-corrected chi connectivity index (χ4v) is 1.55. The van der Waals surface area contributed by atoms with Crippen LogP contribution in [0.4, 0.5) is 0 Å². The van der Waals surface area contributed by atoms with Crippen LogP contribution in [0.25, 0.3) is 5.53 Å². The van der Waals surface area contributed by atoms with Gasteiger partial charge in [-0.25, -0.2) is 4.21 Å². The van der Waals surface area contributed by atoms with Crippen molar-refractivity contribution in [1.82, 2.24) is 0 Å². The van der Waals surface area contributed by atoms with E-state index in [1.54, 1.807) is 24.3 Å². The van der Waals surface area contributed by atoms with Crippen LogP contribution >= 0.6 is 0 Å². The minimum absolute atomic E-state index is 0.323. The highest BCUT2D eigenvalue weighted by atomic mass is 32.2. The number of rotatable bonds is 4. The van der Waals surface area contributed by atoms with Gasteiger partial charge in [0.25, 0.3) is 5.78 Å². The largest absolute Gasteiger partial charge is 0.361 e. The molecule has 0 aliphatic heterocycles. The molecule has 0 saturated heterocycles. The molecule has 1 aromatic carbocycles. The van der Waals surface area contributed by atoms with Gasteiger partial charge in [-0.1, -0.05) is 29.8 Å². The number of Topliss-reactive ketones (excluding diaryl/α,β-unsaturated/α-hetero) is 1. The summed E-state index contributed by atoms with van der Waals surface area (Å²) in [5, 5.41) is 0. The van der Waals surface area contributed by atoms with Crippen molar-refractivity contribution < 1.29 is 18.3 Å². The normalized spacial score (nSPS) is 11.6. The van der Waals surface area contributed by atoms with Crippen LogP contribution in [0.3, 0.4) is 0 Å². The van der Waals surface area contributed by atoms with Crippen molar-refractivity contribution in [2.24, 2.45) is 0 Å². The third-order valence-electron chi connectivity index (χ3n) is 1.96. The minimum atomic E-state index is -2.21. The van der Waals surface area contributed by atoms with Gasteiger partial charge in [-0.05, 0) is 6.92 Å². The van der Waals surface area contributed by atoms with Crippen molar-refractivity contribution in [2.45, 2.75) is 6.92 Å². The maximum atomic E-state index is 11.7. The molecule has 6 heteroatoms. The molecule has 84 valence electrons. The molecule has 1 rings (SSSR count). The molecule has 0 radical (unpaired) electrons. The van der Waals surface area contributed by atoms with Crippen LogP contribution in [-0.2, 0) is 11.1 Å². The Morgan fingerprint density at radius 3 is 2.44 bits per heavy atom. The lowest BCUT2D eigenvalue weighted by Gasteiger charge is -1.96. The Bertz CT molecular complexity index is 475. The average Bonchev–Trinajstić information content (AvgIpc) is 2.25. The molecule has 1 atom stereocenters. The third-order valence-corrected chi connectivity index (χ3v) is 2.48. The van der Waals surface area contributed by atoms with Gasteiger partial charge in [0.2, 0.25) is 0 Å². The van der Waals surface area contributed by atoms with Crippen molar-refractivity contribution in [2.75, 3.05) is 5.75 Å². The Morgan fingerprint density at radius 2 is 2.00 bits per heavy atom. The Labute approximate surface area is 95.0 Å². The number of hydrogen-bond donors (Lipinski definition) is 1. The zero-order valence-corrected chi connectivity index (χ0v) is 9.40. The molecule has 0 spiro atoms. The van der Waals surface area contributed by atoms with Crippen LogP contribution in [0.15, 0.2) is 24.3 Å². The quantitative estimate of drug-likeness (QED) is 0.279. The first kappa shape index (κ1) is 12.4. The van der Waals surface area contributed by atoms with Gasteiger partial charge in [-0.15, -0.1) is 0 Å². The lowest BCUT2D eigenvalue weighted by molar-refractivity contribution is -0.00650. The number of aryl methyl sites for hydroxylation is 1. The summed E-state index contributed by atoms with van der Waals surface area (Å²) in [6, 6.07) is 6.61. The molecule has 5 nitrogen and oxygen atoms in total. The van der Waals surface area contributed by atoms with Gasteiger partial charge >= 0.3 is 5.71 Å². The van der Waals surface area contributed by atoms with Gasteiger partial charge in [0.15, 0.2) is 16.8 Å². The predicted molar refractivity (Wildman–Crippen MR) is 59.8 cm³/mol. The molecule has 1 unspecified atom stereocenters. The number of hydrogen-bond acceptors (Lipinski definition) is 2. The standard InChI is InChI=1S/C10H10N2O3S/c1-7-2-4-8(5-3-7)10(13)9(12-11)6-16(14)15/h2-5H,6H2,1H3,(H,14,15). The summed E-state index contributed by atoms with van der Waals surface area (Å²) in [7, 11) is 0. The van der Waals surface area contributed by atoms with E-state index < -0.39 is 22.6 Å². The van der Waals surface area contributed by atoms with E-state index in [1.807, 2.05) is 6.92 Å². The highest BCUT2D eigenvalue weighted by Crippen LogP contribution is 2.04. The maximum Gasteiger partial charge on any atom is 0.354 e. The molecule has 1 N–H and O–H groups in total. The summed E-state index contributed by atoms with van der Waals surface area (Å²) in [5.41, 5.74) is 9.57. The van der Waals surface area contributed by atoms with Gasteiger partial charge in [0, 0.05) is 5.56 Å². The highest BCUT2D eigenvalue weighted by Gasteiger charge is 2.23. The molecule has 0 saturated carbocycles. The molecule has 16 heavy (non-hydrogen) atoms. The molecule has 0 amide bonds. The Balaban J connectivity index is 2.97. The summed E-state index contributed by atoms with van der Waals surface area (Å²) in [5.74, 6) is -1.03. The second-order valence-electron chi connectivity index (χ2n) is 3.21. The SMILES string of the molecule is Cc1ccc(C(=O)C(CS(=O)O)=[N+]=[N-])cc1. The number of benzene rings is 1. The van der Waals surface area contributed by atoms with Gasteiger partial charge in [-0.2, -0.15) is 4.79 Å². The summed E-state index contributed by atoms with van der Waals surface area (Å²) in [6.07, 6.45) is 0. The second-order valence-corrected chi connectivity index (χ2v) is 4.14. The first-order chi connectivity index (χ1) is 7.54. The molecule has 0 heterocycles. The molecule has 0 fully saturated rings. The van der Waals surface area contributed by atoms with Crippen molar-refractivity contribution in [3.05, 3.63) is 40.9 Å². The van der Waals surface area contributed by atoms with E-state index >= 15 is 0 Å².